The fraction of sp³-hybridized carbons (Fsp3) is 0.588. The van der Waals surface area contributed by atoms with Crippen LogP contribution in [-0.4, -0.2) is 55.1 Å². The van der Waals surface area contributed by atoms with Crippen molar-refractivity contribution < 1.29 is 18.3 Å². The van der Waals surface area contributed by atoms with E-state index < -0.39 is 11.6 Å². The summed E-state index contributed by atoms with van der Waals surface area (Å²) in [6, 6.07) is 3.62. The van der Waals surface area contributed by atoms with Crippen LogP contribution in [0.15, 0.2) is 18.2 Å². The highest BCUT2D eigenvalue weighted by atomic mass is 19.1. The van der Waals surface area contributed by atoms with Gasteiger partial charge in [0.25, 0.3) is 0 Å². The van der Waals surface area contributed by atoms with E-state index >= 15 is 0 Å². The van der Waals surface area contributed by atoms with Gasteiger partial charge >= 0.3 is 0 Å². The standard InChI is InChI=1S/C17H22F2N2O2/c18-15-9-13(10-16(19)11-15)12-20-3-1-14(2-4-20)17(22)21-5-7-23-8-6-21/h9-11,14H,1-8,12H2. The number of piperidine rings is 1. The van der Waals surface area contributed by atoms with Crippen molar-refractivity contribution in [3.63, 3.8) is 0 Å². The Bertz CT molecular complexity index is 533. The molecule has 2 heterocycles. The number of nitrogens with zero attached hydrogens (tertiary/aromatic N) is 2. The number of benzene rings is 1. The van der Waals surface area contributed by atoms with Crippen LogP contribution >= 0.6 is 0 Å². The molecule has 2 aliphatic heterocycles. The third-order valence-corrected chi connectivity index (χ3v) is 4.59. The van der Waals surface area contributed by atoms with E-state index in [0.717, 1.165) is 32.0 Å². The lowest BCUT2D eigenvalue weighted by Crippen LogP contribution is -2.46. The van der Waals surface area contributed by atoms with Crippen LogP contribution in [0, 0.1) is 17.6 Å². The average molecular weight is 324 g/mol. The Kier molecular flexibility index (Phi) is 5.23. The minimum absolute atomic E-state index is 0.0635. The Morgan fingerprint density at radius 3 is 2.26 bits per heavy atom. The van der Waals surface area contributed by atoms with E-state index in [0.29, 0.717) is 38.4 Å². The first kappa shape index (κ1) is 16.3. The van der Waals surface area contributed by atoms with Gasteiger partial charge < -0.3 is 9.64 Å². The van der Waals surface area contributed by atoms with E-state index in [4.69, 9.17) is 4.74 Å². The summed E-state index contributed by atoms with van der Waals surface area (Å²) in [6.07, 6.45) is 1.60. The molecule has 2 saturated heterocycles. The van der Waals surface area contributed by atoms with Crippen LogP contribution in [-0.2, 0) is 16.1 Å². The second-order valence-electron chi connectivity index (χ2n) is 6.27. The topological polar surface area (TPSA) is 32.8 Å². The molecule has 2 fully saturated rings. The Morgan fingerprint density at radius 1 is 1.04 bits per heavy atom. The summed E-state index contributed by atoms with van der Waals surface area (Å²) < 4.78 is 31.8. The summed E-state index contributed by atoms with van der Waals surface area (Å²) in [6.45, 7) is 4.68. The molecule has 2 aliphatic rings. The molecule has 0 atom stereocenters. The minimum atomic E-state index is -0.544. The SMILES string of the molecule is O=C(C1CCN(Cc2cc(F)cc(F)c2)CC1)N1CCOCC1. The van der Waals surface area contributed by atoms with Crippen LogP contribution in [0.5, 0.6) is 0 Å². The number of rotatable bonds is 3. The van der Waals surface area contributed by atoms with E-state index in [1.807, 2.05) is 4.90 Å². The Morgan fingerprint density at radius 2 is 1.65 bits per heavy atom. The van der Waals surface area contributed by atoms with Crippen LogP contribution in [0.1, 0.15) is 18.4 Å². The first-order chi connectivity index (χ1) is 11.1. The zero-order valence-electron chi connectivity index (χ0n) is 13.1. The number of carbonyl (C=O) groups is 1. The fourth-order valence-corrected chi connectivity index (χ4v) is 3.34. The third-order valence-electron chi connectivity index (χ3n) is 4.59. The van der Waals surface area contributed by atoms with E-state index in [1.54, 1.807) is 0 Å². The maximum atomic E-state index is 13.2. The molecule has 0 spiro atoms. The molecule has 0 aliphatic carbocycles. The van der Waals surface area contributed by atoms with Crippen molar-refractivity contribution in [2.75, 3.05) is 39.4 Å². The summed E-state index contributed by atoms with van der Waals surface area (Å²) in [5.74, 6) is -0.798. The maximum Gasteiger partial charge on any atom is 0.225 e. The van der Waals surface area contributed by atoms with Crippen molar-refractivity contribution in [3.05, 3.63) is 35.4 Å². The first-order valence-corrected chi connectivity index (χ1v) is 8.15. The molecule has 1 amide bonds. The summed E-state index contributed by atoms with van der Waals surface area (Å²) in [5, 5.41) is 0. The molecule has 0 unspecified atom stereocenters. The molecule has 4 nitrogen and oxygen atoms in total. The molecule has 0 bridgehead atoms. The number of hydrogen-bond donors (Lipinski definition) is 0. The van der Waals surface area contributed by atoms with Gasteiger partial charge in [0.2, 0.25) is 5.91 Å². The molecule has 0 N–H and O–H groups in total. The van der Waals surface area contributed by atoms with Crippen LogP contribution in [0.4, 0.5) is 8.78 Å². The largest absolute Gasteiger partial charge is 0.378 e. The van der Waals surface area contributed by atoms with Gasteiger partial charge in [0, 0.05) is 31.6 Å². The maximum absolute atomic E-state index is 13.2. The van der Waals surface area contributed by atoms with Crippen LogP contribution in [0.3, 0.4) is 0 Å². The number of carbonyl (C=O) groups excluding carboxylic acids is 1. The van der Waals surface area contributed by atoms with E-state index in [1.165, 1.54) is 12.1 Å². The van der Waals surface area contributed by atoms with E-state index in [-0.39, 0.29) is 11.8 Å². The summed E-state index contributed by atoms with van der Waals surface area (Å²) >= 11 is 0. The predicted molar refractivity (Wildman–Crippen MR) is 81.8 cm³/mol. The molecule has 3 rings (SSSR count). The van der Waals surface area contributed by atoms with Crippen molar-refractivity contribution in [3.8, 4) is 0 Å². The van der Waals surface area contributed by atoms with Gasteiger partial charge in [-0.15, -0.1) is 0 Å². The van der Waals surface area contributed by atoms with Gasteiger partial charge in [-0.3, -0.25) is 9.69 Å². The number of likely N-dealkylation sites (tertiary alicyclic amines) is 1. The summed E-state index contributed by atoms with van der Waals surface area (Å²) in [4.78, 5) is 16.5. The van der Waals surface area contributed by atoms with E-state index in [2.05, 4.69) is 4.90 Å². The minimum Gasteiger partial charge on any atom is -0.378 e. The van der Waals surface area contributed by atoms with Crippen molar-refractivity contribution in [1.82, 2.24) is 9.80 Å². The number of hydrogen-bond acceptors (Lipinski definition) is 3. The smallest absolute Gasteiger partial charge is 0.225 e. The monoisotopic (exact) mass is 324 g/mol. The highest BCUT2D eigenvalue weighted by Crippen LogP contribution is 2.22. The summed E-state index contributed by atoms with van der Waals surface area (Å²) in [5.41, 5.74) is 0.639. The van der Waals surface area contributed by atoms with Crippen molar-refractivity contribution in [2.24, 2.45) is 5.92 Å². The Labute approximate surface area is 135 Å². The van der Waals surface area contributed by atoms with Gasteiger partial charge in [-0.1, -0.05) is 0 Å². The fourth-order valence-electron chi connectivity index (χ4n) is 3.34. The average Bonchev–Trinajstić information content (AvgIpc) is 2.55. The first-order valence-electron chi connectivity index (χ1n) is 8.15. The van der Waals surface area contributed by atoms with Gasteiger partial charge in [-0.25, -0.2) is 8.78 Å². The lowest BCUT2D eigenvalue weighted by atomic mass is 9.94. The molecule has 1 aromatic carbocycles. The number of halogens is 2. The quantitative estimate of drug-likeness (QED) is 0.853. The second-order valence-corrected chi connectivity index (χ2v) is 6.27. The zero-order valence-corrected chi connectivity index (χ0v) is 13.1. The zero-order chi connectivity index (χ0) is 16.2. The normalized spacial score (nSPS) is 20.7. The molecular formula is C17H22F2N2O2. The number of ether oxygens (including phenoxy) is 1. The van der Waals surface area contributed by atoms with Gasteiger partial charge in [-0.05, 0) is 43.6 Å². The van der Waals surface area contributed by atoms with Gasteiger partial charge in [0.1, 0.15) is 11.6 Å². The molecule has 0 radical (unpaired) electrons. The molecule has 6 heteroatoms. The number of morpholine rings is 1. The van der Waals surface area contributed by atoms with Crippen LogP contribution in [0.25, 0.3) is 0 Å². The lowest BCUT2D eigenvalue weighted by Gasteiger charge is -2.35. The Hall–Kier alpha value is -1.53. The highest BCUT2D eigenvalue weighted by molar-refractivity contribution is 5.79. The van der Waals surface area contributed by atoms with Gasteiger partial charge in [-0.2, -0.15) is 0 Å². The Balaban J connectivity index is 1.50. The van der Waals surface area contributed by atoms with Gasteiger partial charge in [0.15, 0.2) is 0 Å². The molecule has 0 aromatic heterocycles. The number of amides is 1. The van der Waals surface area contributed by atoms with Crippen molar-refractivity contribution in [2.45, 2.75) is 19.4 Å². The highest BCUT2D eigenvalue weighted by Gasteiger charge is 2.29. The van der Waals surface area contributed by atoms with Crippen molar-refractivity contribution >= 4 is 5.91 Å². The lowest BCUT2D eigenvalue weighted by molar-refractivity contribution is -0.141. The third kappa shape index (κ3) is 4.26. The summed E-state index contributed by atoms with van der Waals surface area (Å²) in [7, 11) is 0. The van der Waals surface area contributed by atoms with Gasteiger partial charge in [0.05, 0.1) is 13.2 Å². The molecular weight excluding hydrogens is 302 g/mol. The molecule has 23 heavy (non-hydrogen) atoms. The predicted octanol–water partition coefficient (Wildman–Crippen LogP) is 2.04. The van der Waals surface area contributed by atoms with Crippen LogP contribution in [0.2, 0.25) is 0 Å². The molecule has 1 aromatic rings. The van der Waals surface area contributed by atoms with Crippen LogP contribution < -0.4 is 0 Å². The molecule has 0 saturated carbocycles. The van der Waals surface area contributed by atoms with E-state index in [9.17, 15) is 13.6 Å². The molecule has 126 valence electrons. The van der Waals surface area contributed by atoms with Crippen molar-refractivity contribution in [1.29, 1.82) is 0 Å². The second kappa shape index (κ2) is 7.36.